The van der Waals surface area contributed by atoms with Gasteiger partial charge in [0.2, 0.25) is 0 Å². The molecule has 3 nitrogen and oxygen atoms in total. The highest BCUT2D eigenvalue weighted by Crippen LogP contribution is 2.24. The van der Waals surface area contributed by atoms with E-state index in [-0.39, 0.29) is 11.5 Å². The first kappa shape index (κ1) is 17.3. The molecule has 0 bridgehead atoms. The summed E-state index contributed by atoms with van der Waals surface area (Å²) >= 11 is 0. The van der Waals surface area contributed by atoms with E-state index in [0.717, 1.165) is 12.3 Å². The van der Waals surface area contributed by atoms with Crippen molar-refractivity contribution in [2.45, 2.75) is 58.0 Å². The van der Waals surface area contributed by atoms with Gasteiger partial charge < -0.3 is 14.7 Å². The van der Waals surface area contributed by atoms with Gasteiger partial charge in [0.05, 0.1) is 13.1 Å². The topological polar surface area (TPSA) is 33.9 Å². The lowest BCUT2D eigenvalue weighted by Crippen LogP contribution is -3.13. The highest BCUT2D eigenvalue weighted by Gasteiger charge is 2.18. The molecule has 2 N–H and O–H groups in total. The number of aliphatic hydroxyl groups is 1. The molecule has 1 aromatic rings. The van der Waals surface area contributed by atoms with Crippen LogP contribution in [0.1, 0.15) is 52.0 Å². The van der Waals surface area contributed by atoms with E-state index in [9.17, 15) is 5.11 Å². The van der Waals surface area contributed by atoms with Gasteiger partial charge in [-0.25, -0.2) is 0 Å². The van der Waals surface area contributed by atoms with Crippen molar-refractivity contribution in [3.05, 3.63) is 29.8 Å². The van der Waals surface area contributed by atoms with Crippen LogP contribution in [0.25, 0.3) is 0 Å². The van der Waals surface area contributed by atoms with Crippen LogP contribution < -0.4 is 9.64 Å². The van der Waals surface area contributed by atoms with Crippen molar-refractivity contribution in [3.8, 4) is 5.75 Å². The lowest BCUT2D eigenvalue weighted by molar-refractivity contribution is -0.902. The molecule has 0 amide bonds. The van der Waals surface area contributed by atoms with E-state index in [1.807, 2.05) is 12.1 Å². The van der Waals surface area contributed by atoms with Gasteiger partial charge in [-0.2, -0.15) is 0 Å². The van der Waals surface area contributed by atoms with E-state index < -0.39 is 0 Å². The molecule has 1 aromatic carbocycles. The second-order valence-electron chi connectivity index (χ2n) is 7.61. The molecule has 0 aliphatic carbocycles. The van der Waals surface area contributed by atoms with Crippen molar-refractivity contribution < 1.29 is 14.7 Å². The summed E-state index contributed by atoms with van der Waals surface area (Å²) in [6.45, 7) is 10.2. The minimum atomic E-state index is -0.379. The smallest absolute Gasteiger partial charge is 0.137 e. The molecule has 0 radical (unpaired) electrons. The SMILES string of the molecule is CC(C)(C)c1ccc(OC[C@H](O)C[NH+]2CCCCCC2)cc1. The molecular formula is C19H32NO2+. The standard InChI is InChI=1S/C19H31NO2/c1-19(2,3)16-8-10-18(11-9-16)22-15-17(21)14-20-12-6-4-5-7-13-20/h8-11,17,21H,4-7,12-15H2,1-3H3/p+1/t17-/m1/s1. The predicted molar refractivity (Wildman–Crippen MR) is 90.7 cm³/mol. The fraction of sp³-hybridized carbons (Fsp3) is 0.684. The molecule has 0 aromatic heterocycles. The van der Waals surface area contributed by atoms with Crippen LogP contribution >= 0.6 is 0 Å². The summed E-state index contributed by atoms with van der Waals surface area (Å²) in [5.74, 6) is 0.845. The van der Waals surface area contributed by atoms with Crippen LogP contribution in [0, 0.1) is 0 Å². The lowest BCUT2D eigenvalue weighted by Gasteiger charge is -2.21. The highest BCUT2D eigenvalue weighted by molar-refractivity contribution is 5.31. The molecule has 3 heteroatoms. The summed E-state index contributed by atoms with van der Waals surface area (Å²) in [5.41, 5.74) is 1.46. The number of benzene rings is 1. The maximum Gasteiger partial charge on any atom is 0.137 e. The Kier molecular flexibility index (Phi) is 6.27. The summed E-state index contributed by atoms with van der Waals surface area (Å²) < 4.78 is 5.74. The second-order valence-corrected chi connectivity index (χ2v) is 7.61. The number of hydrogen-bond acceptors (Lipinski definition) is 2. The third-order valence-electron chi connectivity index (χ3n) is 4.50. The van der Waals surface area contributed by atoms with Gasteiger partial charge in [0.1, 0.15) is 25.0 Å². The van der Waals surface area contributed by atoms with Gasteiger partial charge in [0.25, 0.3) is 0 Å². The molecule has 0 unspecified atom stereocenters. The first-order valence-electron chi connectivity index (χ1n) is 8.70. The zero-order valence-corrected chi connectivity index (χ0v) is 14.4. The highest BCUT2D eigenvalue weighted by atomic mass is 16.5. The number of likely N-dealkylation sites (tertiary alicyclic amines) is 1. The maximum atomic E-state index is 10.2. The number of aliphatic hydroxyl groups excluding tert-OH is 1. The van der Waals surface area contributed by atoms with E-state index >= 15 is 0 Å². The largest absolute Gasteiger partial charge is 0.491 e. The fourth-order valence-electron chi connectivity index (χ4n) is 3.07. The first-order valence-corrected chi connectivity index (χ1v) is 8.70. The van der Waals surface area contributed by atoms with Gasteiger partial charge in [-0.1, -0.05) is 32.9 Å². The minimum Gasteiger partial charge on any atom is -0.491 e. The van der Waals surface area contributed by atoms with Crippen molar-refractivity contribution in [2.75, 3.05) is 26.2 Å². The lowest BCUT2D eigenvalue weighted by atomic mass is 9.87. The molecule has 1 aliphatic heterocycles. The van der Waals surface area contributed by atoms with Gasteiger partial charge >= 0.3 is 0 Å². The van der Waals surface area contributed by atoms with Crippen LogP contribution in [0.3, 0.4) is 0 Å². The van der Waals surface area contributed by atoms with Gasteiger partial charge in [0, 0.05) is 0 Å². The molecule has 1 aliphatic rings. The van der Waals surface area contributed by atoms with Crippen LogP contribution in [-0.4, -0.2) is 37.5 Å². The molecule has 0 spiro atoms. The molecule has 1 atom stereocenters. The van der Waals surface area contributed by atoms with E-state index in [1.165, 1.54) is 49.2 Å². The van der Waals surface area contributed by atoms with E-state index in [1.54, 1.807) is 0 Å². The first-order chi connectivity index (χ1) is 10.4. The molecule has 1 heterocycles. The molecule has 1 saturated heterocycles. The van der Waals surface area contributed by atoms with Crippen LogP contribution in [0.15, 0.2) is 24.3 Å². The van der Waals surface area contributed by atoms with Crippen LogP contribution in [-0.2, 0) is 5.41 Å². The van der Waals surface area contributed by atoms with Crippen molar-refractivity contribution in [3.63, 3.8) is 0 Å². The van der Waals surface area contributed by atoms with Gasteiger partial charge in [-0.15, -0.1) is 0 Å². The summed E-state index contributed by atoms with van der Waals surface area (Å²) in [6.07, 6.45) is 4.89. The number of quaternary nitrogens is 1. The summed E-state index contributed by atoms with van der Waals surface area (Å²) in [4.78, 5) is 1.52. The third-order valence-corrected chi connectivity index (χ3v) is 4.50. The summed E-state index contributed by atoms with van der Waals surface area (Å²) in [7, 11) is 0. The predicted octanol–water partition coefficient (Wildman–Crippen LogP) is 2.18. The fourth-order valence-corrected chi connectivity index (χ4v) is 3.07. The average molecular weight is 306 g/mol. The van der Waals surface area contributed by atoms with E-state index in [2.05, 4.69) is 32.9 Å². The molecule has 124 valence electrons. The maximum absolute atomic E-state index is 10.2. The monoisotopic (exact) mass is 306 g/mol. The Morgan fingerprint density at radius 1 is 1.05 bits per heavy atom. The zero-order valence-electron chi connectivity index (χ0n) is 14.4. The number of nitrogens with one attached hydrogen (secondary N) is 1. The normalized spacial score (nSPS) is 18.7. The van der Waals surface area contributed by atoms with Crippen molar-refractivity contribution in [1.82, 2.24) is 0 Å². The van der Waals surface area contributed by atoms with Gasteiger partial charge in [-0.3, -0.25) is 0 Å². The Hall–Kier alpha value is -1.06. The zero-order chi connectivity index (χ0) is 16.0. The van der Waals surface area contributed by atoms with Crippen LogP contribution in [0.2, 0.25) is 0 Å². The Bertz CT molecular complexity index is 428. The molecular weight excluding hydrogens is 274 g/mol. The van der Waals surface area contributed by atoms with Gasteiger partial charge in [0.15, 0.2) is 0 Å². The number of ether oxygens (including phenoxy) is 1. The van der Waals surface area contributed by atoms with Crippen molar-refractivity contribution >= 4 is 0 Å². The average Bonchev–Trinajstić information content (AvgIpc) is 2.73. The summed E-state index contributed by atoms with van der Waals surface area (Å²) in [6, 6.07) is 8.24. The van der Waals surface area contributed by atoms with Crippen LogP contribution in [0.5, 0.6) is 5.75 Å². The summed E-state index contributed by atoms with van der Waals surface area (Å²) in [5, 5.41) is 10.2. The second kappa shape index (κ2) is 7.98. The number of hydrogen-bond donors (Lipinski definition) is 2. The molecule has 2 rings (SSSR count). The minimum absolute atomic E-state index is 0.161. The van der Waals surface area contributed by atoms with Crippen molar-refractivity contribution in [2.24, 2.45) is 0 Å². The Morgan fingerprint density at radius 2 is 1.64 bits per heavy atom. The van der Waals surface area contributed by atoms with E-state index in [4.69, 9.17) is 4.74 Å². The van der Waals surface area contributed by atoms with E-state index in [0.29, 0.717) is 6.61 Å². The third kappa shape index (κ3) is 5.62. The molecule has 0 saturated carbocycles. The van der Waals surface area contributed by atoms with Crippen LogP contribution in [0.4, 0.5) is 0 Å². The molecule has 22 heavy (non-hydrogen) atoms. The number of rotatable bonds is 5. The van der Waals surface area contributed by atoms with Gasteiger partial charge in [-0.05, 0) is 48.8 Å². The van der Waals surface area contributed by atoms with Crippen molar-refractivity contribution in [1.29, 1.82) is 0 Å². The molecule has 1 fully saturated rings. The Morgan fingerprint density at radius 3 is 2.18 bits per heavy atom. The Labute approximate surface area is 135 Å². The Balaban J connectivity index is 1.77. The quantitative estimate of drug-likeness (QED) is 0.874.